The van der Waals surface area contributed by atoms with Crippen molar-refractivity contribution >= 4 is 17.0 Å². The molecule has 1 amide bonds. The number of nitrogens with zero attached hydrogens (tertiary/aromatic N) is 2. The number of hydrogen-bond donors (Lipinski definition) is 1. The SMILES string of the molecule is CCC(CC)NC(=O)c1cc(C(C)C)nc2onc(C)c12. The summed E-state index contributed by atoms with van der Waals surface area (Å²) in [5.41, 5.74) is 2.58. The summed E-state index contributed by atoms with van der Waals surface area (Å²) in [6.45, 7) is 10.1. The first-order valence-electron chi connectivity index (χ1n) is 7.55. The van der Waals surface area contributed by atoms with E-state index >= 15 is 0 Å². The zero-order chi connectivity index (χ0) is 15.6. The van der Waals surface area contributed by atoms with Crippen LogP contribution in [0.3, 0.4) is 0 Å². The van der Waals surface area contributed by atoms with Gasteiger partial charge >= 0.3 is 0 Å². The van der Waals surface area contributed by atoms with Crippen LogP contribution in [0.15, 0.2) is 10.6 Å². The number of aromatic nitrogens is 2. The maximum atomic E-state index is 12.6. The molecule has 0 spiro atoms. The fourth-order valence-corrected chi connectivity index (χ4v) is 2.34. The van der Waals surface area contributed by atoms with E-state index in [-0.39, 0.29) is 17.9 Å². The molecule has 0 fully saturated rings. The summed E-state index contributed by atoms with van der Waals surface area (Å²) < 4.78 is 5.25. The Balaban J connectivity index is 2.49. The van der Waals surface area contributed by atoms with E-state index in [1.165, 1.54) is 0 Å². The van der Waals surface area contributed by atoms with Crippen LogP contribution in [0.1, 0.15) is 68.2 Å². The molecule has 2 rings (SSSR count). The lowest BCUT2D eigenvalue weighted by atomic mass is 10.0. The number of amides is 1. The van der Waals surface area contributed by atoms with Crippen molar-refractivity contribution in [2.75, 3.05) is 0 Å². The van der Waals surface area contributed by atoms with E-state index in [4.69, 9.17) is 4.52 Å². The van der Waals surface area contributed by atoms with Crippen LogP contribution in [0.4, 0.5) is 0 Å². The number of fused-ring (bicyclic) bond motifs is 1. The van der Waals surface area contributed by atoms with E-state index < -0.39 is 0 Å². The predicted octanol–water partition coefficient (Wildman–Crippen LogP) is 3.57. The highest BCUT2D eigenvalue weighted by molar-refractivity contribution is 6.06. The Morgan fingerprint density at radius 3 is 2.57 bits per heavy atom. The summed E-state index contributed by atoms with van der Waals surface area (Å²) in [4.78, 5) is 17.1. The molecule has 5 heteroatoms. The number of pyridine rings is 1. The largest absolute Gasteiger partial charge is 0.349 e. The van der Waals surface area contributed by atoms with E-state index in [1.54, 1.807) is 0 Å². The third kappa shape index (κ3) is 3.06. The second kappa shape index (κ2) is 6.24. The first-order chi connectivity index (χ1) is 9.97. The van der Waals surface area contributed by atoms with Crippen molar-refractivity contribution in [2.24, 2.45) is 0 Å². The van der Waals surface area contributed by atoms with Gasteiger partial charge in [0, 0.05) is 11.7 Å². The standard InChI is InChI=1S/C16H23N3O2/c1-6-11(7-2)17-15(20)12-8-13(9(3)4)18-16-14(12)10(5)19-21-16/h8-9,11H,6-7H2,1-5H3,(H,17,20). The summed E-state index contributed by atoms with van der Waals surface area (Å²) >= 11 is 0. The van der Waals surface area contributed by atoms with Crippen molar-refractivity contribution in [2.45, 2.75) is 59.4 Å². The van der Waals surface area contributed by atoms with Crippen LogP contribution < -0.4 is 5.32 Å². The molecular weight excluding hydrogens is 266 g/mol. The van der Waals surface area contributed by atoms with E-state index in [0.29, 0.717) is 22.4 Å². The number of rotatable bonds is 5. The summed E-state index contributed by atoms with van der Waals surface area (Å²) in [6, 6.07) is 2.04. The number of hydrogen-bond acceptors (Lipinski definition) is 4. The highest BCUT2D eigenvalue weighted by Gasteiger charge is 2.20. The molecule has 2 aromatic rings. The van der Waals surface area contributed by atoms with Gasteiger partial charge in [0.05, 0.1) is 16.6 Å². The van der Waals surface area contributed by atoms with E-state index in [0.717, 1.165) is 18.5 Å². The topological polar surface area (TPSA) is 68.0 Å². The van der Waals surface area contributed by atoms with Gasteiger partial charge in [-0.25, -0.2) is 4.98 Å². The molecule has 0 bridgehead atoms. The fourth-order valence-electron chi connectivity index (χ4n) is 2.34. The highest BCUT2D eigenvalue weighted by Crippen LogP contribution is 2.25. The number of carbonyl (C=O) groups is 1. The summed E-state index contributed by atoms with van der Waals surface area (Å²) in [5, 5.41) is 7.72. The highest BCUT2D eigenvalue weighted by atomic mass is 16.5. The van der Waals surface area contributed by atoms with Crippen LogP contribution in [0.5, 0.6) is 0 Å². The van der Waals surface area contributed by atoms with Crippen molar-refractivity contribution in [3.05, 3.63) is 23.0 Å². The normalized spacial score (nSPS) is 11.6. The quantitative estimate of drug-likeness (QED) is 0.913. The molecule has 2 heterocycles. The molecule has 1 N–H and O–H groups in total. The van der Waals surface area contributed by atoms with Crippen LogP contribution in [0, 0.1) is 6.92 Å². The molecule has 0 radical (unpaired) electrons. The number of carbonyl (C=O) groups excluding carboxylic acids is 1. The lowest BCUT2D eigenvalue weighted by Gasteiger charge is -2.15. The van der Waals surface area contributed by atoms with Gasteiger partial charge < -0.3 is 9.84 Å². The average Bonchev–Trinajstić information content (AvgIpc) is 2.85. The minimum absolute atomic E-state index is 0.0794. The zero-order valence-corrected chi connectivity index (χ0v) is 13.4. The predicted molar refractivity (Wildman–Crippen MR) is 82.5 cm³/mol. The lowest BCUT2D eigenvalue weighted by molar-refractivity contribution is 0.0936. The molecule has 0 atom stereocenters. The maximum absolute atomic E-state index is 12.6. The molecule has 0 aliphatic heterocycles. The third-order valence-corrected chi connectivity index (χ3v) is 3.79. The zero-order valence-electron chi connectivity index (χ0n) is 13.4. The molecule has 5 nitrogen and oxygen atoms in total. The number of nitrogens with one attached hydrogen (secondary N) is 1. The van der Waals surface area contributed by atoms with Crippen molar-refractivity contribution < 1.29 is 9.32 Å². The lowest BCUT2D eigenvalue weighted by Crippen LogP contribution is -2.34. The van der Waals surface area contributed by atoms with Crippen molar-refractivity contribution in [1.29, 1.82) is 0 Å². The van der Waals surface area contributed by atoms with Gasteiger partial charge in [-0.2, -0.15) is 0 Å². The van der Waals surface area contributed by atoms with Crippen LogP contribution in [-0.4, -0.2) is 22.1 Å². The molecule has 2 aromatic heterocycles. The molecule has 0 saturated carbocycles. The van der Waals surface area contributed by atoms with Crippen LogP contribution in [0.25, 0.3) is 11.1 Å². The van der Waals surface area contributed by atoms with Gasteiger partial charge in [-0.1, -0.05) is 32.9 Å². The van der Waals surface area contributed by atoms with Crippen LogP contribution in [0.2, 0.25) is 0 Å². The van der Waals surface area contributed by atoms with Gasteiger partial charge in [0.15, 0.2) is 0 Å². The molecule has 0 aliphatic carbocycles. The van der Waals surface area contributed by atoms with Crippen molar-refractivity contribution in [3.8, 4) is 0 Å². The molecule has 0 aromatic carbocycles. The van der Waals surface area contributed by atoms with E-state index in [9.17, 15) is 4.79 Å². The molecule has 21 heavy (non-hydrogen) atoms. The Bertz CT molecular complexity index is 642. The smallest absolute Gasteiger partial charge is 0.259 e. The molecule has 114 valence electrons. The second-order valence-corrected chi connectivity index (χ2v) is 5.68. The minimum atomic E-state index is -0.0794. The Morgan fingerprint density at radius 1 is 1.33 bits per heavy atom. The monoisotopic (exact) mass is 289 g/mol. The fraction of sp³-hybridized carbons (Fsp3) is 0.562. The maximum Gasteiger partial charge on any atom is 0.259 e. The van der Waals surface area contributed by atoms with E-state index in [1.807, 2.05) is 26.8 Å². The van der Waals surface area contributed by atoms with Gasteiger partial charge in [0.1, 0.15) is 0 Å². The Kier molecular flexibility index (Phi) is 4.60. The van der Waals surface area contributed by atoms with Crippen LogP contribution >= 0.6 is 0 Å². The Morgan fingerprint density at radius 2 is 2.00 bits per heavy atom. The van der Waals surface area contributed by atoms with Crippen molar-refractivity contribution in [3.63, 3.8) is 0 Å². The van der Waals surface area contributed by atoms with Crippen molar-refractivity contribution in [1.82, 2.24) is 15.5 Å². The molecule has 0 aliphatic rings. The van der Waals surface area contributed by atoms with Gasteiger partial charge in [-0.05, 0) is 31.7 Å². The van der Waals surface area contributed by atoms with Crippen LogP contribution in [-0.2, 0) is 0 Å². The van der Waals surface area contributed by atoms with Gasteiger partial charge in [0.2, 0.25) is 0 Å². The van der Waals surface area contributed by atoms with Gasteiger partial charge in [0.25, 0.3) is 11.6 Å². The summed E-state index contributed by atoms with van der Waals surface area (Å²) in [5.74, 6) is 0.142. The molecule has 0 saturated heterocycles. The third-order valence-electron chi connectivity index (χ3n) is 3.79. The van der Waals surface area contributed by atoms with Gasteiger partial charge in [-0.3, -0.25) is 4.79 Å². The minimum Gasteiger partial charge on any atom is -0.349 e. The summed E-state index contributed by atoms with van der Waals surface area (Å²) in [6.07, 6.45) is 1.83. The Labute approximate surface area is 125 Å². The first kappa shape index (κ1) is 15.5. The number of aryl methyl sites for hydroxylation is 1. The first-order valence-corrected chi connectivity index (χ1v) is 7.55. The molecular formula is C16H23N3O2. The molecule has 0 unspecified atom stereocenters. The van der Waals surface area contributed by atoms with Gasteiger partial charge in [-0.15, -0.1) is 0 Å². The average molecular weight is 289 g/mol. The second-order valence-electron chi connectivity index (χ2n) is 5.68. The Hall–Kier alpha value is -1.91. The van der Waals surface area contributed by atoms with E-state index in [2.05, 4.69) is 29.3 Å². The summed E-state index contributed by atoms with van der Waals surface area (Å²) in [7, 11) is 0.